The van der Waals surface area contributed by atoms with Crippen LogP contribution in [0.15, 0.2) is 85.0 Å². The molecular weight excluding hydrogens is 628 g/mol. The highest BCUT2D eigenvalue weighted by molar-refractivity contribution is 9.11. The molecule has 5 nitrogen and oxygen atoms in total. The molecule has 1 atom stereocenters. The van der Waals surface area contributed by atoms with Gasteiger partial charge in [0.15, 0.2) is 4.80 Å². The second-order valence-electron chi connectivity index (χ2n) is 9.13. The lowest BCUT2D eigenvalue weighted by Crippen LogP contribution is -2.38. The monoisotopic (exact) mass is 650 g/mol. The molecule has 1 aliphatic carbocycles. The molecular formula is C30H24Br2N2O3S. The van der Waals surface area contributed by atoms with Gasteiger partial charge in [-0.05, 0) is 82.7 Å². The van der Waals surface area contributed by atoms with E-state index in [9.17, 15) is 4.79 Å². The van der Waals surface area contributed by atoms with Crippen molar-refractivity contribution in [1.29, 1.82) is 0 Å². The average Bonchev–Trinajstić information content (AvgIpc) is 3.23. The summed E-state index contributed by atoms with van der Waals surface area (Å²) in [5.74, 6) is 1.47. The highest BCUT2D eigenvalue weighted by Crippen LogP contribution is 2.41. The summed E-state index contributed by atoms with van der Waals surface area (Å²) >= 11 is 8.59. The Bertz CT molecular complexity index is 1790. The van der Waals surface area contributed by atoms with Gasteiger partial charge in [0.2, 0.25) is 0 Å². The summed E-state index contributed by atoms with van der Waals surface area (Å²) in [6, 6.07) is 20.1. The molecule has 0 radical (unpaired) electrons. The summed E-state index contributed by atoms with van der Waals surface area (Å²) in [4.78, 5) is 19.9. The van der Waals surface area contributed by atoms with Crippen LogP contribution in [0.1, 0.15) is 41.6 Å². The van der Waals surface area contributed by atoms with Gasteiger partial charge in [0.1, 0.15) is 11.5 Å². The molecule has 0 amide bonds. The number of nitrogens with zero attached hydrogens (tertiary/aromatic N) is 2. The van der Waals surface area contributed by atoms with Gasteiger partial charge in [0.05, 0.1) is 34.5 Å². The van der Waals surface area contributed by atoms with Gasteiger partial charge in [-0.3, -0.25) is 9.36 Å². The Labute approximate surface area is 241 Å². The predicted molar refractivity (Wildman–Crippen MR) is 159 cm³/mol. The SMILES string of the molecule is CCOc1c(Br)cc(Br)cc1/C=c1/sc2n(c1=O)[C@@H](c1cccc(OC)c1)C1=C(N=2)c2ccccc2CC1. The first-order chi connectivity index (χ1) is 18.5. The second kappa shape index (κ2) is 10.3. The lowest BCUT2D eigenvalue weighted by atomic mass is 9.83. The van der Waals surface area contributed by atoms with Gasteiger partial charge in [-0.2, -0.15) is 0 Å². The molecule has 6 rings (SSSR count). The van der Waals surface area contributed by atoms with Crippen molar-refractivity contribution >= 4 is 55.0 Å². The average molecular weight is 652 g/mol. The number of hydrogen-bond acceptors (Lipinski definition) is 5. The topological polar surface area (TPSA) is 52.8 Å². The molecule has 0 fully saturated rings. The molecule has 3 aromatic carbocycles. The van der Waals surface area contributed by atoms with E-state index in [4.69, 9.17) is 14.5 Å². The van der Waals surface area contributed by atoms with Gasteiger partial charge >= 0.3 is 0 Å². The van der Waals surface area contributed by atoms with Crippen LogP contribution in [-0.4, -0.2) is 18.3 Å². The Morgan fingerprint density at radius 2 is 1.95 bits per heavy atom. The normalized spacial score (nSPS) is 16.4. The Hall–Kier alpha value is -2.94. The molecule has 4 aromatic rings. The highest BCUT2D eigenvalue weighted by Gasteiger charge is 2.32. The van der Waals surface area contributed by atoms with Crippen LogP contribution in [0.4, 0.5) is 0 Å². The van der Waals surface area contributed by atoms with Crippen molar-refractivity contribution in [3.8, 4) is 11.5 Å². The van der Waals surface area contributed by atoms with Gasteiger partial charge in [-0.1, -0.05) is 63.7 Å². The Kier molecular flexibility index (Phi) is 6.88. The van der Waals surface area contributed by atoms with Gasteiger partial charge in [0, 0.05) is 15.6 Å². The molecule has 0 N–H and O–H groups in total. The Balaban J connectivity index is 1.62. The second-order valence-corrected chi connectivity index (χ2v) is 11.9. The lowest BCUT2D eigenvalue weighted by Gasteiger charge is -2.31. The van der Waals surface area contributed by atoms with E-state index in [1.165, 1.54) is 16.9 Å². The molecule has 0 unspecified atom stereocenters. The van der Waals surface area contributed by atoms with Crippen molar-refractivity contribution in [3.63, 3.8) is 0 Å². The summed E-state index contributed by atoms with van der Waals surface area (Å²) in [6.45, 7) is 2.47. The molecule has 2 aliphatic rings. The van der Waals surface area contributed by atoms with Gasteiger partial charge < -0.3 is 9.47 Å². The smallest absolute Gasteiger partial charge is 0.271 e. The first-order valence-corrected chi connectivity index (χ1v) is 14.8. The van der Waals surface area contributed by atoms with Gasteiger partial charge in [-0.25, -0.2) is 4.99 Å². The van der Waals surface area contributed by atoms with E-state index in [1.807, 2.05) is 47.9 Å². The van der Waals surface area contributed by atoms with Crippen molar-refractivity contribution in [3.05, 3.63) is 117 Å². The maximum absolute atomic E-state index is 14.1. The molecule has 1 aromatic heterocycles. The van der Waals surface area contributed by atoms with E-state index in [0.717, 1.165) is 55.5 Å². The van der Waals surface area contributed by atoms with Gasteiger partial charge in [-0.15, -0.1) is 0 Å². The summed E-state index contributed by atoms with van der Waals surface area (Å²) < 4.78 is 15.7. The number of aryl methyl sites for hydroxylation is 1. The van der Waals surface area contributed by atoms with E-state index >= 15 is 0 Å². The van der Waals surface area contributed by atoms with E-state index in [2.05, 4.69) is 62.2 Å². The third kappa shape index (κ3) is 4.38. The minimum Gasteiger partial charge on any atom is -0.497 e. The number of methoxy groups -OCH3 is 1. The van der Waals surface area contributed by atoms with Crippen LogP contribution < -0.4 is 24.4 Å². The number of hydrogen-bond donors (Lipinski definition) is 0. The third-order valence-corrected chi connectivity index (χ3v) is 8.92. The Morgan fingerprint density at radius 1 is 1.11 bits per heavy atom. The highest BCUT2D eigenvalue weighted by atomic mass is 79.9. The molecule has 2 heterocycles. The first-order valence-electron chi connectivity index (χ1n) is 12.4. The minimum absolute atomic E-state index is 0.0643. The van der Waals surface area contributed by atoms with Crippen molar-refractivity contribution < 1.29 is 9.47 Å². The molecule has 1 aliphatic heterocycles. The zero-order valence-corrected chi connectivity index (χ0v) is 24.8. The molecule has 0 saturated carbocycles. The lowest BCUT2D eigenvalue weighted by molar-refractivity contribution is 0.337. The van der Waals surface area contributed by atoms with Crippen LogP contribution in [0.25, 0.3) is 11.8 Å². The van der Waals surface area contributed by atoms with E-state index < -0.39 is 0 Å². The van der Waals surface area contributed by atoms with Crippen molar-refractivity contribution in [2.24, 2.45) is 4.99 Å². The molecule has 0 spiro atoms. The van der Waals surface area contributed by atoms with Crippen LogP contribution in [0, 0.1) is 0 Å². The third-order valence-electron chi connectivity index (χ3n) is 6.89. The van der Waals surface area contributed by atoms with Crippen LogP contribution in [0.3, 0.4) is 0 Å². The predicted octanol–water partition coefficient (Wildman–Crippen LogP) is 6.25. The number of benzene rings is 3. The summed E-state index contributed by atoms with van der Waals surface area (Å²) in [6.07, 6.45) is 3.66. The number of allylic oxidation sites excluding steroid dienone is 1. The van der Waals surface area contributed by atoms with Crippen LogP contribution in [0.5, 0.6) is 11.5 Å². The number of rotatable bonds is 5. The standard InChI is InChI=1S/C30H24Br2N2O3S/c1-3-37-28-19(13-20(31)16-24(28)32)15-25-29(35)34-27(18-8-6-9-21(14-18)36-2)23-12-11-17-7-4-5-10-22(17)26(23)33-30(34)38-25/h4-10,13-16,27H,3,11-12H2,1-2H3/b25-15+/t27-/m0/s1. The summed E-state index contributed by atoms with van der Waals surface area (Å²) in [7, 11) is 1.66. The van der Waals surface area contributed by atoms with Crippen LogP contribution in [-0.2, 0) is 6.42 Å². The van der Waals surface area contributed by atoms with E-state index in [0.29, 0.717) is 21.7 Å². The van der Waals surface area contributed by atoms with Crippen molar-refractivity contribution in [1.82, 2.24) is 4.57 Å². The fourth-order valence-electron chi connectivity index (χ4n) is 5.26. The van der Waals surface area contributed by atoms with Crippen LogP contribution in [0.2, 0.25) is 0 Å². The maximum Gasteiger partial charge on any atom is 0.271 e. The zero-order valence-electron chi connectivity index (χ0n) is 20.8. The Morgan fingerprint density at radius 3 is 2.76 bits per heavy atom. The van der Waals surface area contributed by atoms with Crippen LogP contribution >= 0.6 is 43.2 Å². The number of halogens is 2. The fourth-order valence-corrected chi connectivity index (χ4v) is 7.62. The number of ether oxygens (including phenoxy) is 2. The summed E-state index contributed by atoms with van der Waals surface area (Å²) in [5, 5.41) is 0. The largest absolute Gasteiger partial charge is 0.497 e. The van der Waals surface area contributed by atoms with Crippen molar-refractivity contribution in [2.45, 2.75) is 25.8 Å². The fraction of sp³-hybridized carbons (Fsp3) is 0.200. The number of fused-ring (bicyclic) bond motifs is 3. The zero-order chi connectivity index (χ0) is 26.4. The molecule has 0 saturated heterocycles. The van der Waals surface area contributed by atoms with Gasteiger partial charge in [0.25, 0.3) is 5.56 Å². The first kappa shape index (κ1) is 25.3. The quantitative estimate of drug-likeness (QED) is 0.256. The summed E-state index contributed by atoms with van der Waals surface area (Å²) in [5.41, 5.74) is 6.35. The molecule has 192 valence electrons. The van der Waals surface area contributed by atoms with Crippen molar-refractivity contribution in [2.75, 3.05) is 13.7 Å². The number of thiazole rings is 1. The maximum atomic E-state index is 14.1. The molecule has 8 heteroatoms. The van der Waals surface area contributed by atoms with E-state index in [1.54, 1.807) is 7.11 Å². The molecule has 38 heavy (non-hydrogen) atoms. The minimum atomic E-state index is -0.257. The number of aromatic nitrogens is 1. The van der Waals surface area contributed by atoms with E-state index in [-0.39, 0.29) is 11.6 Å². The molecule has 0 bridgehead atoms.